The molecule has 0 radical (unpaired) electrons. The molecule has 1 atom stereocenters. The van der Waals surface area contributed by atoms with Gasteiger partial charge in [0.05, 0.1) is 0 Å². The van der Waals surface area contributed by atoms with Gasteiger partial charge in [-0.2, -0.15) is 0 Å². The lowest BCUT2D eigenvalue weighted by Gasteiger charge is -2.25. The molecule has 0 aromatic carbocycles. The number of Topliss-reactive ketones (excluding diaryl/α,β-unsaturated/α-hetero) is 1. The standard InChI is InChI=1S/C15H24O/c1-12-10-13-8-6-4-2-3-5-7-9-14(13)15(16)11-12/h12H,2-11H2,1H3. The van der Waals surface area contributed by atoms with Gasteiger partial charge >= 0.3 is 0 Å². The number of hydrogen-bond acceptors (Lipinski definition) is 1. The second kappa shape index (κ2) is 5.65. The highest BCUT2D eigenvalue weighted by Crippen LogP contribution is 2.33. The Morgan fingerprint density at radius 2 is 1.50 bits per heavy atom. The van der Waals surface area contributed by atoms with Crippen LogP contribution in [0.2, 0.25) is 0 Å². The summed E-state index contributed by atoms with van der Waals surface area (Å²) in [5.74, 6) is 1.06. The second-order valence-electron chi connectivity index (χ2n) is 5.64. The Bertz CT molecular complexity index is 288. The summed E-state index contributed by atoms with van der Waals surface area (Å²) in [6.45, 7) is 2.22. The largest absolute Gasteiger partial charge is 0.295 e. The van der Waals surface area contributed by atoms with Crippen LogP contribution in [0.4, 0.5) is 0 Å². The maximum absolute atomic E-state index is 12.0. The van der Waals surface area contributed by atoms with Crippen molar-refractivity contribution in [2.45, 2.75) is 71.1 Å². The maximum atomic E-state index is 12.0. The Balaban J connectivity index is 2.12. The zero-order chi connectivity index (χ0) is 11.4. The molecule has 2 aliphatic carbocycles. The van der Waals surface area contributed by atoms with E-state index in [-0.39, 0.29) is 0 Å². The van der Waals surface area contributed by atoms with E-state index in [0.717, 1.165) is 12.8 Å². The third-order valence-electron chi connectivity index (χ3n) is 4.05. The van der Waals surface area contributed by atoms with E-state index in [9.17, 15) is 4.79 Å². The first-order valence-corrected chi connectivity index (χ1v) is 7.01. The highest BCUT2D eigenvalue weighted by molar-refractivity contribution is 5.97. The van der Waals surface area contributed by atoms with Crippen LogP contribution >= 0.6 is 0 Å². The summed E-state index contributed by atoms with van der Waals surface area (Å²) in [5.41, 5.74) is 2.76. The molecule has 0 aromatic heterocycles. The molecule has 90 valence electrons. The van der Waals surface area contributed by atoms with E-state index >= 15 is 0 Å². The van der Waals surface area contributed by atoms with Crippen molar-refractivity contribution in [3.8, 4) is 0 Å². The molecular weight excluding hydrogens is 196 g/mol. The normalized spacial score (nSPS) is 28.8. The van der Waals surface area contributed by atoms with Crippen LogP contribution in [0.1, 0.15) is 71.1 Å². The molecule has 0 bridgehead atoms. The minimum absolute atomic E-state index is 0.467. The van der Waals surface area contributed by atoms with Crippen LogP contribution in [-0.2, 0) is 4.79 Å². The smallest absolute Gasteiger partial charge is 0.159 e. The lowest BCUT2D eigenvalue weighted by molar-refractivity contribution is -0.117. The first kappa shape index (κ1) is 11.9. The van der Waals surface area contributed by atoms with Gasteiger partial charge in [0.2, 0.25) is 0 Å². The van der Waals surface area contributed by atoms with E-state index in [1.807, 2.05) is 0 Å². The Kier molecular flexibility index (Phi) is 4.20. The fourth-order valence-electron chi connectivity index (χ4n) is 3.17. The van der Waals surface area contributed by atoms with E-state index < -0.39 is 0 Å². The van der Waals surface area contributed by atoms with Gasteiger partial charge in [0.25, 0.3) is 0 Å². The summed E-state index contributed by atoms with van der Waals surface area (Å²) in [7, 11) is 0. The van der Waals surface area contributed by atoms with Crippen LogP contribution in [-0.4, -0.2) is 5.78 Å². The number of allylic oxidation sites excluding steroid dienone is 2. The van der Waals surface area contributed by atoms with Crippen LogP contribution in [0.15, 0.2) is 11.1 Å². The number of rotatable bonds is 0. The molecule has 16 heavy (non-hydrogen) atoms. The Morgan fingerprint density at radius 3 is 2.25 bits per heavy atom. The lowest BCUT2D eigenvalue weighted by Crippen LogP contribution is -2.18. The van der Waals surface area contributed by atoms with Gasteiger partial charge in [-0.25, -0.2) is 0 Å². The number of ketones is 1. The predicted molar refractivity (Wildman–Crippen MR) is 67.4 cm³/mol. The van der Waals surface area contributed by atoms with E-state index in [0.29, 0.717) is 11.7 Å². The van der Waals surface area contributed by atoms with E-state index in [1.165, 1.54) is 62.5 Å². The Hall–Kier alpha value is -0.590. The average molecular weight is 220 g/mol. The van der Waals surface area contributed by atoms with Crippen molar-refractivity contribution in [1.29, 1.82) is 0 Å². The zero-order valence-corrected chi connectivity index (χ0v) is 10.6. The van der Waals surface area contributed by atoms with Gasteiger partial charge in [0, 0.05) is 6.42 Å². The Labute approximate surface area is 99.3 Å². The monoisotopic (exact) mass is 220 g/mol. The average Bonchev–Trinajstić information content (AvgIpc) is 2.25. The van der Waals surface area contributed by atoms with E-state index in [4.69, 9.17) is 0 Å². The molecule has 1 nitrogen and oxygen atoms in total. The van der Waals surface area contributed by atoms with Gasteiger partial charge in [-0.1, -0.05) is 38.2 Å². The van der Waals surface area contributed by atoms with Crippen molar-refractivity contribution in [2.24, 2.45) is 5.92 Å². The first-order chi connectivity index (χ1) is 7.77. The van der Waals surface area contributed by atoms with Gasteiger partial charge in [0.15, 0.2) is 5.78 Å². The molecule has 1 unspecified atom stereocenters. The summed E-state index contributed by atoms with van der Waals surface area (Å²) in [6, 6.07) is 0. The molecule has 1 heteroatoms. The zero-order valence-electron chi connectivity index (χ0n) is 10.6. The first-order valence-electron chi connectivity index (χ1n) is 7.01. The quantitative estimate of drug-likeness (QED) is 0.590. The van der Waals surface area contributed by atoms with Crippen molar-refractivity contribution in [1.82, 2.24) is 0 Å². The third kappa shape index (κ3) is 2.96. The molecule has 0 saturated heterocycles. The van der Waals surface area contributed by atoms with Crippen LogP contribution in [0.3, 0.4) is 0 Å². The summed E-state index contributed by atoms with van der Waals surface area (Å²) >= 11 is 0. The maximum Gasteiger partial charge on any atom is 0.159 e. The second-order valence-corrected chi connectivity index (χ2v) is 5.64. The molecule has 0 N–H and O–H groups in total. The highest BCUT2D eigenvalue weighted by atomic mass is 16.1. The molecule has 0 spiro atoms. The van der Waals surface area contributed by atoms with Crippen molar-refractivity contribution < 1.29 is 4.79 Å². The summed E-state index contributed by atoms with van der Waals surface area (Å²) in [6.07, 6.45) is 12.3. The topological polar surface area (TPSA) is 17.1 Å². The van der Waals surface area contributed by atoms with Gasteiger partial charge in [-0.05, 0) is 43.6 Å². The molecule has 0 saturated carbocycles. The van der Waals surface area contributed by atoms with Crippen LogP contribution in [0.25, 0.3) is 0 Å². The number of hydrogen-bond donors (Lipinski definition) is 0. The predicted octanol–water partition coefficient (Wildman–Crippen LogP) is 4.42. The minimum Gasteiger partial charge on any atom is -0.295 e. The van der Waals surface area contributed by atoms with Gasteiger partial charge in [-0.15, -0.1) is 0 Å². The van der Waals surface area contributed by atoms with E-state index in [1.54, 1.807) is 0 Å². The van der Waals surface area contributed by atoms with Crippen LogP contribution in [0.5, 0.6) is 0 Å². The summed E-state index contributed by atoms with van der Waals surface area (Å²) in [5, 5.41) is 0. The van der Waals surface area contributed by atoms with Crippen molar-refractivity contribution in [3.05, 3.63) is 11.1 Å². The van der Waals surface area contributed by atoms with Crippen molar-refractivity contribution >= 4 is 5.78 Å². The number of carbonyl (C=O) groups excluding carboxylic acids is 1. The van der Waals surface area contributed by atoms with Crippen LogP contribution in [0, 0.1) is 5.92 Å². The minimum atomic E-state index is 0.467. The summed E-state index contributed by atoms with van der Waals surface area (Å²) in [4.78, 5) is 12.0. The molecule has 2 rings (SSSR count). The molecule has 0 amide bonds. The molecule has 2 aliphatic rings. The van der Waals surface area contributed by atoms with Crippen LogP contribution < -0.4 is 0 Å². The highest BCUT2D eigenvalue weighted by Gasteiger charge is 2.24. The fraction of sp³-hybridized carbons (Fsp3) is 0.800. The molecular formula is C15H24O. The lowest BCUT2D eigenvalue weighted by atomic mass is 9.79. The molecule has 0 heterocycles. The van der Waals surface area contributed by atoms with Gasteiger partial charge in [0.1, 0.15) is 0 Å². The molecule has 0 fully saturated rings. The summed E-state index contributed by atoms with van der Waals surface area (Å²) < 4.78 is 0. The molecule has 0 aliphatic heterocycles. The number of carbonyl (C=O) groups is 1. The van der Waals surface area contributed by atoms with Crippen molar-refractivity contribution in [2.75, 3.05) is 0 Å². The fourth-order valence-corrected chi connectivity index (χ4v) is 3.17. The molecule has 0 aromatic rings. The van der Waals surface area contributed by atoms with Gasteiger partial charge in [-0.3, -0.25) is 4.79 Å². The van der Waals surface area contributed by atoms with Gasteiger partial charge < -0.3 is 0 Å². The van der Waals surface area contributed by atoms with Crippen molar-refractivity contribution in [3.63, 3.8) is 0 Å². The Morgan fingerprint density at radius 1 is 0.875 bits per heavy atom. The third-order valence-corrected chi connectivity index (χ3v) is 4.05. The van der Waals surface area contributed by atoms with E-state index in [2.05, 4.69) is 6.92 Å². The SMILES string of the molecule is CC1CC(=O)C2=C(CCCCCCCC2)C1.